The molecule has 2 aromatic rings. The Balaban J connectivity index is 2.26. The molecule has 0 aliphatic carbocycles. The number of hydrogen-bond donors (Lipinski definition) is 0. The maximum atomic E-state index is 2.24. The Kier molecular flexibility index (Phi) is 4.75. The van der Waals surface area contributed by atoms with Gasteiger partial charge >= 0.3 is 0 Å². The first-order valence-corrected chi connectivity index (χ1v) is 7.18. The summed E-state index contributed by atoms with van der Waals surface area (Å²) in [6.45, 7) is 2.24. The summed E-state index contributed by atoms with van der Waals surface area (Å²) in [6.07, 6.45) is 1.22. The zero-order chi connectivity index (χ0) is 11.9. The van der Waals surface area contributed by atoms with Crippen molar-refractivity contribution < 1.29 is 0 Å². The molecule has 2 aromatic carbocycles. The van der Waals surface area contributed by atoms with Gasteiger partial charge in [-0.05, 0) is 12.2 Å². The quantitative estimate of drug-likeness (QED) is 0.724. The van der Waals surface area contributed by atoms with Crippen LogP contribution < -0.4 is 10.9 Å². The van der Waals surface area contributed by atoms with Crippen molar-refractivity contribution >= 4 is 28.5 Å². The molecule has 0 radical (unpaired) electrons. The van der Waals surface area contributed by atoms with Crippen LogP contribution in [0.5, 0.6) is 0 Å². The molecule has 0 N–H and O–H groups in total. The third-order valence-corrected chi connectivity index (χ3v) is 4.21. The Morgan fingerprint density at radius 1 is 0.824 bits per heavy atom. The van der Waals surface area contributed by atoms with Crippen molar-refractivity contribution in [2.75, 3.05) is 5.75 Å². The van der Waals surface area contributed by atoms with E-state index in [1.54, 1.807) is 0 Å². The highest BCUT2D eigenvalue weighted by Gasteiger charge is 2.18. The molecule has 0 heterocycles. The summed E-state index contributed by atoms with van der Waals surface area (Å²) in [5.74, 6) is 1.67. The highest BCUT2D eigenvalue weighted by Crippen LogP contribution is 2.09. The second-order valence-electron chi connectivity index (χ2n) is 4.07. The summed E-state index contributed by atoms with van der Waals surface area (Å²) >= 11 is 2.03. The van der Waals surface area contributed by atoms with Gasteiger partial charge in [-0.25, -0.2) is 0 Å². The van der Waals surface area contributed by atoms with Crippen molar-refractivity contribution in [3.05, 3.63) is 60.7 Å². The molecule has 0 unspecified atom stereocenters. The molecule has 0 fully saturated rings. The van der Waals surface area contributed by atoms with Gasteiger partial charge in [0.25, 0.3) is 5.99 Å². The van der Waals surface area contributed by atoms with Crippen LogP contribution in [0.2, 0.25) is 0 Å². The topological polar surface area (TPSA) is 0 Å². The number of rotatable bonds is 5. The van der Waals surface area contributed by atoms with Crippen LogP contribution in [0.4, 0.5) is 0 Å². The standard InChI is InChI=1S/C15H17BS/c1-2-13-17-16(14-9-5-3-6-10-14)15-11-7-4-8-12-15/h3-12H,2,13H2,1H3. The van der Waals surface area contributed by atoms with Gasteiger partial charge in [0.2, 0.25) is 0 Å². The van der Waals surface area contributed by atoms with Crippen LogP contribution in [0.3, 0.4) is 0 Å². The maximum Gasteiger partial charge on any atom is 0.274 e. The second kappa shape index (κ2) is 6.56. The molecular weight excluding hydrogens is 223 g/mol. The van der Waals surface area contributed by atoms with Gasteiger partial charge in [-0.2, -0.15) is 11.6 Å². The second-order valence-corrected chi connectivity index (χ2v) is 5.29. The van der Waals surface area contributed by atoms with Crippen LogP contribution in [0.1, 0.15) is 13.3 Å². The Labute approximate surface area is 108 Å². The largest absolute Gasteiger partial charge is 0.274 e. The Morgan fingerprint density at radius 2 is 1.29 bits per heavy atom. The molecule has 0 nitrogen and oxygen atoms in total. The fraction of sp³-hybridized carbons (Fsp3) is 0.200. The summed E-state index contributed by atoms with van der Waals surface area (Å²) in [6, 6.07) is 21.5. The summed E-state index contributed by atoms with van der Waals surface area (Å²) in [7, 11) is 0. The summed E-state index contributed by atoms with van der Waals surface area (Å²) < 4.78 is 0. The average Bonchev–Trinajstić information content (AvgIpc) is 2.42. The molecule has 0 spiro atoms. The van der Waals surface area contributed by atoms with E-state index in [1.807, 2.05) is 11.6 Å². The van der Waals surface area contributed by atoms with E-state index >= 15 is 0 Å². The van der Waals surface area contributed by atoms with Crippen molar-refractivity contribution in [2.45, 2.75) is 13.3 Å². The lowest BCUT2D eigenvalue weighted by atomic mass is 9.62. The third kappa shape index (κ3) is 3.40. The van der Waals surface area contributed by atoms with Crippen molar-refractivity contribution in [1.29, 1.82) is 0 Å². The van der Waals surface area contributed by atoms with Gasteiger partial charge in [-0.15, -0.1) is 0 Å². The molecule has 0 aliphatic rings. The van der Waals surface area contributed by atoms with Crippen LogP contribution in [-0.4, -0.2) is 11.7 Å². The zero-order valence-corrected chi connectivity index (χ0v) is 11.0. The predicted molar refractivity (Wildman–Crippen MR) is 80.7 cm³/mol. The van der Waals surface area contributed by atoms with Gasteiger partial charge in [0.05, 0.1) is 0 Å². The van der Waals surface area contributed by atoms with Crippen LogP contribution >= 0.6 is 11.6 Å². The van der Waals surface area contributed by atoms with Crippen molar-refractivity contribution in [2.24, 2.45) is 0 Å². The number of hydrogen-bond acceptors (Lipinski definition) is 1. The molecule has 2 heteroatoms. The normalized spacial score (nSPS) is 10.2. The first-order valence-electron chi connectivity index (χ1n) is 6.13. The fourth-order valence-corrected chi connectivity index (χ4v) is 3.05. The highest BCUT2D eigenvalue weighted by atomic mass is 32.2. The van der Waals surface area contributed by atoms with E-state index in [-0.39, 0.29) is 0 Å². The minimum absolute atomic E-state index is 0.470. The van der Waals surface area contributed by atoms with E-state index < -0.39 is 0 Å². The monoisotopic (exact) mass is 240 g/mol. The minimum atomic E-state index is 0.470. The Morgan fingerprint density at radius 3 is 1.71 bits per heavy atom. The molecule has 17 heavy (non-hydrogen) atoms. The first-order chi connectivity index (χ1) is 8.42. The molecule has 2 rings (SSSR count). The molecule has 0 saturated carbocycles. The maximum absolute atomic E-state index is 2.24. The highest BCUT2D eigenvalue weighted by molar-refractivity contribution is 8.28. The first kappa shape index (κ1) is 12.3. The zero-order valence-electron chi connectivity index (χ0n) is 10.2. The van der Waals surface area contributed by atoms with Gasteiger partial charge in [-0.3, -0.25) is 0 Å². The lowest BCUT2D eigenvalue weighted by Gasteiger charge is -2.13. The third-order valence-electron chi connectivity index (χ3n) is 2.69. The average molecular weight is 240 g/mol. The van der Waals surface area contributed by atoms with Gasteiger partial charge in [0.15, 0.2) is 0 Å². The summed E-state index contributed by atoms with van der Waals surface area (Å²) in [5, 5.41) is 0. The van der Waals surface area contributed by atoms with Crippen molar-refractivity contribution in [3.63, 3.8) is 0 Å². The van der Waals surface area contributed by atoms with Crippen LogP contribution in [0.25, 0.3) is 0 Å². The van der Waals surface area contributed by atoms with E-state index in [2.05, 4.69) is 67.6 Å². The van der Waals surface area contributed by atoms with E-state index in [9.17, 15) is 0 Å². The Hall–Kier alpha value is -1.15. The molecule has 0 bridgehead atoms. The molecular formula is C15H17BS. The van der Waals surface area contributed by atoms with E-state index in [0.717, 1.165) is 0 Å². The fourth-order valence-electron chi connectivity index (χ4n) is 1.88. The minimum Gasteiger partial charge on any atom is -0.197 e. The van der Waals surface area contributed by atoms with Crippen LogP contribution in [-0.2, 0) is 0 Å². The van der Waals surface area contributed by atoms with E-state index in [0.29, 0.717) is 5.99 Å². The molecule has 86 valence electrons. The van der Waals surface area contributed by atoms with Gasteiger partial charge < -0.3 is 0 Å². The molecule has 0 aromatic heterocycles. The number of benzene rings is 2. The predicted octanol–water partition coefficient (Wildman–Crippen LogP) is 2.94. The summed E-state index contributed by atoms with van der Waals surface area (Å²) in [4.78, 5) is 0. The Bertz CT molecular complexity index is 388. The lowest BCUT2D eigenvalue weighted by molar-refractivity contribution is 1.11. The van der Waals surface area contributed by atoms with Crippen molar-refractivity contribution in [3.8, 4) is 0 Å². The molecule has 0 amide bonds. The SMILES string of the molecule is CCCSB(c1ccccc1)c1ccccc1. The lowest BCUT2D eigenvalue weighted by Crippen LogP contribution is -2.39. The smallest absolute Gasteiger partial charge is 0.197 e. The molecule has 0 saturated heterocycles. The van der Waals surface area contributed by atoms with Gasteiger partial charge in [0.1, 0.15) is 0 Å². The van der Waals surface area contributed by atoms with Gasteiger partial charge in [0, 0.05) is 0 Å². The van der Waals surface area contributed by atoms with Crippen LogP contribution in [0, 0.1) is 0 Å². The van der Waals surface area contributed by atoms with Crippen LogP contribution in [0.15, 0.2) is 60.7 Å². The van der Waals surface area contributed by atoms with Gasteiger partial charge in [-0.1, -0.05) is 78.5 Å². The van der Waals surface area contributed by atoms with E-state index in [4.69, 9.17) is 0 Å². The molecule has 0 atom stereocenters. The summed E-state index contributed by atoms with van der Waals surface area (Å²) in [5.41, 5.74) is 2.80. The van der Waals surface area contributed by atoms with E-state index in [1.165, 1.54) is 23.1 Å². The molecule has 0 aliphatic heterocycles. The van der Waals surface area contributed by atoms with Crippen molar-refractivity contribution in [1.82, 2.24) is 0 Å².